The number of imidazole rings is 1. The van der Waals surface area contributed by atoms with Gasteiger partial charge in [0.05, 0.1) is 23.3 Å². The van der Waals surface area contributed by atoms with Crippen LogP contribution < -0.4 is 5.32 Å². The number of benzene rings is 1. The highest BCUT2D eigenvalue weighted by Gasteiger charge is 2.32. The van der Waals surface area contributed by atoms with Crippen LogP contribution in [-0.2, 0) is 6.54 Å². The smallest absolute Gasteiger partial charge is 0.323 e. The Labute approximate surface area is 158 Å². The fourth-order valence-corrected chi connectivity index (χ4v) is 3.75. The van der Waals surface area contributed by atoms with E-state index < -0.39 is 0 Å². The number of carbonyl (C=O) groups excluding carboxylic acids is 1. The molecule has 3 heterocycles. The van der Waals surface area contributed by atoms with Gasteiger partial charge in [-0.1, -0.05) is 25.5 Å². The van der Waals surface area contributed by atoms with Gasteiger partial charge in [0.2, 0.25) is 0 Å². The summed E-state index contributed by atoms with van der Waals surface area (Å²) in [5.74, 6) is 1.62. The van der Waals surface area contributed by atoms with Gasteiger partial charge in [0.15, 0.2) is 0 Å². The minimum absolute atomic E-state index is 0.0242. The van der Waals surface area contributed by atoms with E-state index in [0.717, 1.165) is 67.0 Å². The van der Waals surface area contributed by atoms with Crippen molar-refractivity contribution in [3.8, 4) is 0 Å². The van der Waals surface area contributed by atoms with Crippen molar-refractivity contribution >= 4 is 22.9 Å². The zero-order valence-electron chi connectivity index (χ0n) is 15.9. The SMILES string of the molecule is CCCCn1nccc1NC(=O)N1CCC[C@@H]1c1nc2c(C)cccc2[nH]1. The first-order chi connectivity index (χ1) is 13.2. The van der Waals surface area contributed by atoms with Gasteiger partial charge in [-0.15, -0.1) is 0 Å². The van der Waals surface area contributed by atoms with Crippen LogP contribution in [0.15, 0.2) is 30.5 Å². The quantitative estimate of drug-likeness (QED) is 0.709. The number of para-hydroxylation sites is 1. The predicted octanol–water partition coefficient (Wildman–Crippen LogP) is 4.24. The van der Waals surface area contributed by atoms with Crippen LogP contribution in [-0.4, -0.2) is 37.2 Å². The van der Waals surface area contributed by atoms with Crippen molar-refractivity contribution in [3.05, 3.63) is 41.9 Å². The standard InChI is InChI=1S/C20H26N6O/c1-3-4-13-26-17(10-11-21-26)23-20(27)25-12-6-9-16(25)19-22-15-8-5-7-14(2)18(15)24-19/h5,7-8,10-11,16H,3-4,6,9,12-13H2,1-2H3,(H,22,24)(H,23,27)/t16-/m1/s1. The lowest BCUT2D eigenvalue weighted by Crippen LogP contribution is -2.35. The number of fused-ring (bicyclic) bond motifs is 1. The summed E-state index contributed by atoms with van der Waals surface area (Å²) in [4.78, 5) is 23.0. The second-order valence-corrected chi connectivity index (χ2v) is 7.17. The number of hydrogen-bond donors (Lipinski definition) is 2. The first-order valence-electron chi connectivity index (χ1n) is 9.72. The molecule has 0 saturated carbocycles. The van der Waals surface area contributed by atoms with Crippen molar-refractivity contribution in [3.63, 3.8) is 0 Å². The van der Waals surface area contributed by atoms with E-state index in [-0.39, 0.29) is 12.1 Å². The topological polar surface area (TPSA) is 78.8 Å². The van der Waals surface area contributed by atoms with Gasteiger partial charge in [-0.25, -0.2) is 14.5 Å². The summed E-state index contributed by atoms with van der Waals surface area (Å²) >= 11 is 0. The maximum Gasteiger partial charge on any atom is 0.323 e. The first-order valence-corrected chi connectivity index (χ1v) is 9.72. The van der Waals surface area contributed by atoms with E-state index in [1.54, 1.807) is 6.20 Å². The number of carbonyl (C=O) groups is 1. The third kappa shape index (κ3) is 3.41. The van der Waals surface area contributed by atoms with Gasteiger partial charge in [-0.05, 0) is 37.8 Å². The van der Waals surface area contributed by atoms with E-state index in [9.17, 15) is 4.79 Å². The van der Waals surface area contributed by atoms with Crippen LogP contribution >= 0.6 is 0 Å². The Balaban J connectivity index is 1.53. The zero-order valence-corrected chi connectivity index (χ0v) is 15.9. The van der Waals surface area contributed by atoms with Gasteiger partial charge in [-0.2, -0.15) is 5.10 Å². The highest BCUT2D eigenvalue weighted by atomic mass is 16.2. The van der Waals surface area contributed by atoms with Gasteiger partial charge in [-0.3, -0.25) is 5.32 Å². The van der Waals surface area contributed by atoms with Crippen LogP contribution in [0, 0.1) is 6.92 Å². The van der Waals surface area contributed by atoms with Crippen molar-refractivity contribution in [2.75, 3.05) is 11.9 Å². The number of rotatable bonds is 5. The van der Waals surface area contributed by atoms with E-state index in [2.05, 4.69) is 35.3 Å². The Morgan fingerprint density at radius 1 is 1.37 bits per heavy atom. The van der Waals surface area contributed by atoms with Crippen molar-refractivity contribution in [1.82, 2.24) is 24.6 Å². The van der Waals surface area contributed by atoms with E-state index >= 15 is 0 Å². The number of likely N-dealkylation sites (tertiary alicyclic amines) is 1. The molecule has 1 aromatic carbocycles. The molecule has 0 aliphatic carbocycles. The number of unbranched alkanes of at least 4 members (excludes halogenated alkanes) is 1. The lowest BCUT2D eigenvalue weighted by atomic mass is 10.2. The van der Waals surface area contributed by atoms with Crippen LogP contribution in [0.2, 0.25) is 0 Å². The van der Waals surface area contributed by atoms with E-state index in [0.29, 0.717) is 0 Å². The lowest BCUT2D eigenvalue weighted by molar-refractivity contribution is 0.205. The largest absolute Gasteiger partial charge is 0.340 e. The summed E-state index contributed by atoms with van der Waals surface area (Å²) in [5.41, 5.74) is 3.15. The van der Waals surface area contributed by atoms with Crippen LogP contribution in [0.5, 0.6) is 0 Å². The zero-order chi connectivity index (χ0) is 18.8. The molecule has 4 rings (SSSR count). The highest BCUT2D eigenvalue weighted by molar-refractivity contribution is 5.89. The molecule has 142 valence electrons. The number of anilines is 1. The molecule has 1 atom stereocenters. The Bertz CT molecular complexity index is 943. The molecule has 0 spiro atoms. The van der Waals surface area contributed by atoms with Gasteiger partial charge < -0.3 is 9.88 Å². The summed E-state index contributed by atoms with van der Waals surface area (Å²) in [7, 11) is 0. The number of nitrogens with one attached hydrogen (secondary N) is 2. The van der Waals surface area contributed by atoms with Gasteiger partial charge in [0.25, 0.3) is 0 Å². The molecular weight excluding hydrogens is 340 g/mol. The highest BCUT2D eigenvalue weighted by Crippen LogP contribution is 2.32. The second kappa shape index (κ2) is 7.42. The molecule has 0 bridgehead atoms. The average Bonchev–Trinajstić information content (AvgIpc) is 3.39. The van der Waals surface area contributed by atoms with Crippen LogP contribution in [0.25, 0.3) is 11.0 Å². The lowest BCUT2D eigenvalue weighted by Gasteiger charge is -2.23. The number of urea groups is 1. The maximum absolute atomic E-state index is 12.9. The number of amides is 2. The number of aryl methyl sites for hydroxylation is 2. The van der Waals surface area contributed by atoms with Gasteiger partial charge in [0, 0.05) is 19.2 Å². The summed E-state index contributed by atoms with van der Waals surface area (Å²) < 4.78 is 1.86. The Kier molecular flexibility index (Phi) is 4.83. The van der Waals surface area contributed by atoms with Crippen molar-refractivity contribution in [2.45, 2.75) is 52.1 Å². The molecule has 2 amide bonds. The predicted molar refractivity (Wildman–Crippen MR) is 106 cm³/mol. The number of hydrogen-bond acceptors (Lipinski definition) is 3. The van der Waals surface area contributed by atoms with E-state index in [1.165, 1.54) is 0 Å². The summed E-state index contributed by atoms with van der Waals surface area (Å²) in [6.45, 7) is 5.75. The third-order valence-electron chi connectivity index (χ3n) is 5.24. The normalized spacial score (nSPS) is 17.0. The van der Waals surface area contributed by atoms with Gasteiger partial charge in [0.1, 0.15) is 11.6 Å². The van der Waals surface area contributed by atoms with E-state index in [1.807, 2.05) is 27.8 Å². The molecule has 27 heavy (non-hydrogen) atoms. The average molecular weight is 366 g/mol. The fourth-order valence-electron chi connectivity index (χ4n) is 3.75. The van der Waals surface area contributed by atoms with Crippen LogP contribution in [0.4, 0.5) is 10.6 Å². The number of aromatic amines is 1. The Hall–Kier alpha value is -2.83. The molecular formula is C20H26N6O. The van der Waals surface area contributed by atoms with Crippen molar-refractivity contribution in [1.29, 1.82) is 0 Å². The summed E-state index contributed by atoms with van der Waals surface area (Å²) in [6, 6.07) is 7.85. The molecule has 0 unspecified atom stereocenters. The fraction of sp³-hybridized carbons (Fsp3) is 0.450. The minimum Gasteiger partial charge on any atom is -0.340 e. The van der Waals surface area contributed by atoms with Crippen molar-refractivity contribution in [2.24, 2.45) is 0 Å². The van der Waals surface area contributed by atoms with Crippen molar-refractivity contribution < 1.29 is 4.79 Å². The van der Waals surface area contributed by atoms with Gasteiger partial charge >= 0.3 is 6.03 Å². The third-order valence-corrected chi connectivity index (χ3v) is 5.24. The minimum atomic E-state index is -0.0899. The number of H-pyrrole nitrogens is 1. The van der Waals surface area contributed by atoms with Crippen LogP contribution in [0.1, 0.15) is 50.0 Å². The Morgan fingerprint density at radius 2 is 2.26 bits per heavy atom. The number of aromatic nitrogens is 4. The molecule has 2 N–H and O–H groups in total. The van der Waals surface area contributed by atoms with Crippen LogP contribution in [0.3, 0.4) is 0 Å². The van der Waals surface area contributed by atoms with E-state index in [4.69, 9.17) is 4.98 Å². The molecule has 2 aromatic heterocycles. The first kappa shape index (κ1) is 17.6. The Morgan fingerprint density at radius 3 is 3.07 bits per heavy atom. The molecule has 0 radical (unpaired) electrons. The monoisotopic (exact) mass is 366 g/mol. The molecule has 1 saturated heterocycles. The molecule has 1 aliphatic rings. The molecule has 7 nitrogen and oxygen atoms in total. The summed E-state index contributed by atoms with van der Waals surface area (Å²) in [5, 5.41) is 7.35. The summed E-state index contributed by atoms with van der Waals surface area (Å²) in [6.07, 6.45) is 5.75. The maximum atomic E-state index is 12.9. The second-order valence-electron chi connectivity index (χ2n) is 7.17. The molecule has 1 aliphatic heterocycles. The molecule has 7 heteroatoms. The molecule has 1 fully saturated rings. The number of nitrogens with zero attached hydrogens (tertiary/aromatic N) is 4. The molecule has 3 aromatic rings.